The van der Waals surface area contributed by atoms with Crippen LogP contribution in [-0.4, -0.2) is 50.1 Å². The van der Waals surface area contributed by atoms with Crippen LogP contribution in [0.15, 0.2) is 48.5 Å². The molecular weight excluding hydrogens is 332 g/mol. The molecule has 2 aromatic rings. The normalized spacial score (nSPS) is 17.8. The molecule has 134 valence electrons. The Kier molecular flexibility index (Phi) is 6.35. The first-order valence-corrected chi connectivity index (χ1v) is 9.39. The van der Waals surface area contributed by atoms with E-state index in [0.29, 0.717) is 6.61 Å². The van der Waals surface area contributed by atoms with Gasteiger partial charge in [-0.25, -0.2) is 0 Å². The highest BCUT2D eigenvalue weighted by Gasteiger charge is 2.28. The second kappa shape index (κ2) is 8.70. The van der Waals surface area contributed by atoms with Crippen LogP contribution in [-0.2, 0) is 0 Å². The maximum atomic E-state index is 6.31. The van der Waals surface area contributed by atoms with Crippen molar-refractivity contribution in [1.29, 1.82) is 0 Å². The molecule has 25 heavy (non-hydrogen) atoms. The third-order valence-electron chi connectivity index (χ3n) is 4.68. The van der Waals surface area contributed by atoms with E-state index in [1.165, 1.54) is 24.0 Å². The van der Waals surface area contributed by atoms with Gasteiger partial charge in [-0.3, -0.25) is 4.90 Å². The molecule has 0 bridgehead atoms. The summed E-state index contributed by atoms with van der Waals surface area (Å²) >= 11 is 6.31. The molecule has 1 atom stereocenters. The zero-order chi connectivity index (χ0) is 17.6. The maximum Gasteiger partial charge on any atom is 0.124 e. The fourth-order valence-corrected chi connectivity index (χ4v) is 3.65. The monoisotopic (exact) mass is 358 g/mol. The van der Waals surface area contributed by atoms with Crippen molar-refractivity contribution in [3.8, 4) is 5.75 Å². The quantitative estimate of drug-likeness (QED) is 0.709. The first-order valence-electron chi connectivity index (χ1n) is 9.01. The van der Waals surface area contributed by atoms with Gasteiger partial charge < -0.3 is 9.64 Å². The van der Waals surface area contributed by atoms with Gasteiger partial charge in [0.1, 0.15) is 12.4 Å². The molecule has 0 aromatic heterocycles. The number of ether oxygens (including phenoxy) is 1. The van der Waals surface area contributed by atoms with Gasteiger partial charge in [-0.15, -0.1) is 0 Å². The first-order chi connectivity index (χ1) is 12.1. The standard InChI is InChI=1S/C21H27ClN2O/c1-23(2)12-6-7-13-24-14-15-25-20-11-10-18(22)16-19(20)21(24)17-8-4-3-5-9-17/h3-5,8-11,16,21H,6-7,12-15H2,1-2H3. The molecule has 4 heteroatoms. The number of benzene rings is 2. The van der Waals surface area contributed by atoms with Crippen molar-refractivity contribution < 1.29 is 4.74 Å². The number of halogens is 1. The number of fused-ring (bicyclic) bond motifs is 1. The summed E-state index contributed by atoms with van der Waals surface area (Å²) in [4.78, 5) is 4.78. The van der Waals surface area contributed by atoms with Gasteiger partial charge >= 0.3 is 0 Å². The highest BCUT2D eigenvalue weighted by atomic mass is 35.5. The average Bonchev–Trinajstić information content (AvgIpc) is 2.78. The summed E-state index contributed by atoms with van der Waals surface area (Å²) < 4.78 is 6.02. The van der Waals surface area contributed by atoms with Crippen LogP contribution in [0.25, 0.3) is 0 Å². The molecule has 0 radical (unpaired) electrons. The molecule has 0 N–H and O–H groups in total. The SMILES string of the molecule is CN(C)CCCCN1CCOc2ccc(Cl)cc2C1c1ccccc1. The Morgan fingerprint density at radius 1 is 1.12 bits per heavy atom. The molecule has 2 aromatic carbocycles. The van der Waals surface area contributed by atoms with Crippen molar-refractivity contribution in [2.24, 2.45) is 0 Å². The molecule has 0 fully saturated rings. The van der Waals surface area contributed by atoms with Gasteiger partial charge in [0.15, 0.2) is 0 Å². The Morgan fingerprint density at radius 2 is 1.92 bits per heavy atom. The predicted molar refractivity (Wildman–Crippen MR) is 105 cm³/mol. The second-order valence-corrected chi connectivity index (χ2v) is 7.33. The van der Waals surface area contributed by atoms with Gasteiger partial charge in [0, 0.05) is 17.1 Å². The van der Waals surface area contributed by atoms with Gasteiger partial charge in [-0.2, -0.15) is 0 Å². The number of rotatable bonds is 6. The van der Waals surface area contributed by atoms with Crippen LogP contribution in [0.2, 0.25) is 5.02 Å². The van der Waals surface area contributed by atoms with Crippen molar-refractivity contribution in [1.82, 2.24) is 9.80 Å². The third kappa shape index (κ3) is 4.75. The van der Waals surface area contributed by atoms with Crippen LogP contribution in [0.4, 0.5) is 0 Å². The summed E-state index contributed by atoms with van der Waals surface area (Å²) in [5.74, 6) is 0.953. The summed E-state index contributed by atoms with van der Waals surface area (Å²) in [6.45, 7) is 3.82. The minimum Gasteiger partial charge on any atom is -0.492 e. The number of nitrogens with zero attached hydrogens (tertiary/aromatic N) is 2. The highest BCUT2D eigenvalue weighted by molar-refractivity contribution is 6.30. The van der Waals surface area contributed by atoms with E-state index in [9.17, 15) is 0 Å². The Balaban J connectivity index is 1.88. The smallest absolute Gasteiger partial charge is 0.124 e. The number of hydrogen-bond donors (Lipinski definition) is 0. The van der Waals surface area contributed by atoms with E-state index in [2.05, 4.69) is 60.3 Å². The minimum absolute atomic E-state index is 0.191. The number of hydrogen-bond acceptors (Lipinski definition) is 3. The van der Waals surface area contributed by atoms with Gasteiger partial charge in [-0.05, 0) is 63.8 Å². The summed E-state index contributed by atoms with van der Waals surface area (Å²) in [5, 5.41) is 0.762. The highest BCUT2D eigenvalue weighted by Crippen LogP contribution is 2.38. The van der Waals surface area contributed by atoms with Crippen LogP contribution in [0.5, 0.6) is 5.75 Å². The molecule has 1 aliphatic rings. The largest absolute Gasteiger partial charge is 0.492 e. The van der Waals surface area contributed by atoms with E-state index >= 15 is 0 Å². The third-order valence-corrected chi connectivity index (χ3v) is 4.92. The lowest BCUT2D eigenvalue weighted by Crippen LogP contribution is -2.32. The second-order valence-electron chi connectivity index (χ2n) is 6.89. The molecule has 0 aliphatic carbocycles. The zero-order valence-corrected chi connectivity index (χ0v) is 15.9. The predicted octanol–water partition coefficient (Wildman–Crippen LogP) is 4.47. The number of unbranched alkanes of at least 4 members (excludes halogenated alkanes) is 1. The first kappa shape index (κ1) is 18.2. The summed E-state index contributed by atoms with van der Waals surface area (Å²) in [7, 11) is 4.26. The van der Waals surface area contributed by atoms with Crippen molar-refractivity contribution in [2.75, 3.05) is 40.3 Å². The Bertz CT molecular complexity index is 675. The van der Waals surface area contributed by atoms with Crippen molar-refractivity contribution in [2.45, 2.75) is 18.9 Å². The van der Waals surface area contributed by atoms with Crippen LogP contribution in [0, 0.1) is 0 Å². The van der Waals surface area contributed by atoms with Crippen molar-refractivity contribution >= 4 is 11.6 Å². The molecular formula is C21H27ClN2O. The molecule has 3 nitrogen and oxygen atoms in total. The fourth-order valence-electron chi connectivity index (χ4n) is 3.47. The summed E-state index contributed by atoms with van der Waals surface area (Å²) in [5.41, 5.74) is 2.47. The molecule has 1 heterocycles. The van der Waals surface area contributed by atoms with Gasteiger partial charge in [0.2, 0.25) is 0 Å². The van der Waals surface area contributed by atoms with Crippen molar-refractivity contribution in [3.63, 3.8) is 0 Å². The molecule has 1 aliphatic heterocycles. The topological polar surface area (TPSA) is 15.7 Å². The van der Waals surface area contributed by atoms with E-state index in [4.69, 9.17) is 16.3 Å². The van der Waals surface area contributed by atoms with E-state index in [1.54, 1.807) is 0 Å². The Labute approximate surface area is 156 Å². The van der Waals surface area contributed by atoms with Crippen LogP contribution < -0.4 is 4.74 Å². The van der Waals surface area contributed by atoms with Gasteiger partial charge in [0.05, 0.1) is 6.04 Å². The van der Waals surface area contributed by atoms with E-state index in [0.717, 1.165) is 30.4 Å². The minimum atomic E-state index is 0.191. The molecule has 1 unspecified atom stereocenters. The van der Waals surface area contributed by atoms with Crippen molar-refractivity contribution in [3.05, 3.63) is 64.7 Å². The zero-order valence-electron chi connectivity index (χ0n) is 15.1. The molecule has 0 saturated carbocycles. The van der Waals surface area contributed by atoms with Crippen LogP contribution >= 0.6 is 11.6 Å². The summed E-state index contributed by atoms with van der Waals surface area (Å²) in [6.07, 6.45) is 2.38. The van der Waals surface area contributed by atoms with E-state index in [1.807, 2.05) is 12.1 Å². The van der Waals surface area contributed by atoms with E-state index in [-0.39, 0.29) is 6.04 Å². The van der Waals surface area contributed by atoms with Crippen LogP contribution in [0.1, 0.15) is 30.0 Å². The Hall–Kier alpha value is -1.55. The van der Waals surface area contributed by atoms with Gasteiger partial charge in [-0.1, -0.05) is 41.9 Å². The summed E-state index contributed by atoms with van der Waals surface area (Å²) in [6, 6.07) is 16.9. The lowest BCUT2D eigenvalue weighted by atomic mass is 9.96. The molecule has 3 rings (SSSR count). The van der Waals surface area contributed by atoms with Gasteiger partial charge in [0.25, 0.3) is 0 Å². The average molecular weight is 359 g/mol. The van der Waals surface area contributed by atoms with E-state index < -0.39 is 0 Å². The molecule has 0 saturated heterocycles. The lowest BCUT2D eigenvalue weighted by Gasteiger charge is -2.30. The van der Waals surface area contributed by atoms with Crippen LogP contribution in [0.3, 0.4) is 0 Å². The fraction of sp³-hybridized carbons (Fsp3) is 0.429. The lowest BCUT2D eigenvalue weighted by molar-refractivity contribution is 0.196. The Morgan fingerprint density at radius 3 is 2.68 bits per heavy atom. The maximum absolute atomic E-state index is 6.31. The molecule has 0 spiro atoms. The molecule has 0 amide bonds.